The maximum Gasteiger partial charge on any atom is 0.251 e. The molecule has 0 spiro atoms. The maximum atomic E-state index is 13.1. The maximum absolute atomic E-state index is 13.1. The van der Waals surface area contributed by atoms with E-state index in [1.54, 1.807) is 19.9 Å². The summed E-state index contributed by atoms with van der Waals surface area (Å²) in [7, 11) is -3.82. The van der Waals surface area contributed by atoms with Crippen LogP contribution < -0.4 is 24.8 Å². The molecule has 8 nitrogen and oxygen atoms in total. The highest BCUT2D eigenvalue weighted by atomic mass is 32.2. The number of amides is 1. The number of benzene rings is 3. The van der Waals surface area contributed by atoms with Crippen molar-refractivity contribution in [1.29, 1.82) is 0 Å². The average Bonchev–Trinajstić information content (AvgIpc) is 2.87. The molecule has 3 N–H and O–H groups in total. The highest BCUT2D eigenvalue weighted by Gasteiger charge is 2.20. The average molecular weight is 510 g/mol. The van der Waals surface area contributed by atoms with Crippen molar-refractivity contribution in [3.05, 3.63) is 83.4 Å². The second-order valence-corrected chi connectivity index (χ2v) is 10.7. The van der Waals surface area contributed by atoms with E-state index in [4.69, 9.17) is 9.47 Å². The zero-order chi connectivity index (χ0) is 25.7. The minimum Gasteiger partial charge on any atom is -0.486 e. The molecule has 1 aliphatic heterocycles. The lowest BCUT2D eigenvalue weighted by atomic mass is 10.1. The van der Waals surface area contributed by atoms with Crippen LogP contribution in [0.1, 0.15) is 48.3 Å². The SMILES string of the molecule is CC(C)NS(=O)(=O)c1cc(NCc2ccc3c(c2)OCCO3)cc(C(=O)N[C@@H](C)c2ccccc2)c1. The zero-order valence-electron chi connectivity index (χ0n) is 20.6. The molecule has 0 aliphatic carbocycles. The molecule has 190 valence electrons. The summed E-state index contributed by atoms with van der Waals surface area (Å²) in [5.74, 6) is 1.01. The fraction of sp³-hybridized carbons (Fsp3) is 0.296. The van der Waals surface area contributed by atoms with Crippen LogP contribution in [0.25, 0.3) is 0 Å². The van der Waals surface area contributed by atoms with Crippen LogP contribution in [0.4, 0.5) is 5.69 Å². The quantitative estimate of drug-likeness (QED) is 0.398. The summed E-state index contributed by atoms with van der Waals surface area (Å²) in [5, 5.41) is 6.20. The normalized spacial score (nSPS) is 13.8. The van der Waals surface area contributed by atoms with Gasteiger partial charge in [0.15, 0.2) is 11.5 Å². The summed E-state index contributed by atoms with van der Waals surface area (Å²) in [6, 6.07) is 19.3. The van der Waals surface area contributed by atoms with Gasteiger partial charge in [0.25, 0.3) is 5.91 Å². The standard InChI is InChI=1S/C27H31N3O5S/c1-18(2)30-36(32,33)24-15-22(27(31)29-19(3)21-7-5-4-6-8-21)14-23(16-24)28-17-20-9-10-25-26(13-20)35-12-11-34-25/h4-10,13-16,18-19,28,30H,11-12,17H2,1-3H3,(H,29,31)/t19-/m0/s1. The topological polar surface area (TPSA) is 106 Å². The van der Waals surface area contributed by atoms with Gasteiger partial charge in [0.05, 0.1) is 10.9 Å². The van der Waals surface area contributed by atoms with Gasteiger partial charge in [0.2, 0.25) is 10.0 Å². The molecule has 36 heavy (non-hydrogen) atoms. The molecule has 0 bridgehead atoms. The van der Waals surface area contributed by atoms with E-state index < -0.39 is 10.0 Å². The smallest absolute Gasteiger partial charge is 0.251 e. The van der Waals surface area contributed by atoms with E-state index >= 15 is 0 Å². The lowest BCUT2D eigenvalue weighted by Gasteiger charge is -2.19. The highest BCUT2D eigenvalue weighted by Crippen LogP contribution is 2.31. The second kappa shape index (κ2) is 11.0. The Morgan fingerprint density at radius 1 is 0.917 bits per heavy atom. The predicted molar refractivity (Wildman–Crippen MR) is 139 cm³/mol. The molecule has 4 rings (SSSR count). The third-order valence-corrected chi connectivity index (χ3v) is 7.26. The van der Waals surface area contributed by atoms with E-state index in [1.807, 2.05) is 55.5 Å². The molecule has 1 amide bonds. The van der Waals surface area contributed by atoms with Crippen molar-refractivity contribution in [3.63, 3.8) is 0 Å². The molecule has 3 aromatic carbocycles. The van der Waals surface area contributed by atoms with E-state index in [-0.39, 0.29) is 28.4 Å². The van der Waals surface area contributed by atoms with Gasteiger partial charge in [-0.05, 0) is 62.2 Å². The van der Waals surface area contributed by atoms with Crippen LogP contribution in [0.2, 0.25) is 0 Å². The van der Waals surface area contributed by atoms with Gasteiger partial charge in [-0.1, -0.05) is 36.4 Å². The predicted octanol–water partition coefficient (Wildman–Crippen LogP) is 4.25. The molecule has 0 saturated heterocycles. The monoisotopic (exact) mass is 509 g/mol. The number of carbonyl (C=O) groups excluding carboxylic acids is 1. The fourth-order valence-electron chi connectivity index (χ4n) is 3.87. The summed E-state index contributed by atoms with van der Waals surface area (Å²) >= 11 is 0. The molecule has 0 fully saturated rings. The van der Waals surface area contributed by atoms with E-state index in [9.17, 15) is 13.2 Å². The van der Waals surface area contributed by atoms with Gasteiger partial charge >= 0.3 is 0 Å². The van der Waals surface area contributed by atoms with Gasteiger partial charge in [-0.3, -0.25) is 4.79 Å². The van der Waals surface area contributed by atoms with Gasteiger partial charge in [0, 0.05) is 23.8 Å². The Balaban J connectivity index is 1.59. The molecule has 1 atom stereocenters. The van der Waals surface area contributed by atoms with Gasteiger partial charge in [-0.2, -0.15) is 0 Å². The molecule has 1 aliphatic rings. The van der Waals surface area contributed by atoms with Crippen molar-refractivity contribution in [1.82, 2.24) is 10.0 Å². The van der Waals surface area contributed by atoms with E-state index in [2.05, 4.69) is 15.4 Å². The van der Waals surface area contributed by atoms with Gasteiger partial charge in [-0.25, -0.2) is 13.1 Å². The molecule has 0 radical (unpaired) electrons. The van der Waals surface area contributed by atoms with Crippen molar-refractivity contribution in [2.75, 3.05) is 18.5 Å². The summed E-state index contributed by atoms with van der Waals surface area (Å²) in [6.45, 7) is 6.79. The van der Waals surface area contributed by atoms with Crippen LogP contribution in [-0.4, -0.2) is 33.6 Å². The zero-order valence-corrected chi connectivity index (χ0v) is 21.4. The van der Waals surface area contributed by atoms with Crippen LogP contribution in [0.15, 0.2) is 71.6 Å². The first-order valence-corrected chi connectivity index (χ1v) is 13.4. The van der Waals surface area contributed by atoms with Gasteiger partial charge < -0.3 is 20.1 Å². The number of nitrogens with one attached hydrogen (secondary N) is 3. The second-order valence-electron chi connectivity index (χ2n) is 8.96. The molecule has 1 heterocycles. The molecule has 0 aromatic heterocycles. The number of anilines is 1. The lowest BCUT2D eigenvalue weighted by molar-refractivity contribution is 0.0939. The van der Waals surface area contributed by atoms with Gasteiger partial charge in [-0.15, -0.1) is 0 Å². The van der Waals surface area contributed by atoms with Crippen LogP contribution in [0, 0.1) is 0 Å². The van der Waals surface area contributed by atoms with Crippen molar-refractivity contribution >= 4 is 21.6 Å². The first-order valence-electron chi connectivity index (χ1n) is 11.9. The highest BCUT2D eigenvalue weighted by molar-refractivity contribution is 7.89. The van der Waals surface area contributed by atoms with Gasteiger partial charge in [0.1, 0.15) is 13.2 Å². The first kappa shape index (κ1) is 25.5. The number of carbonyl (C=O) groups is 1. The molecule has 0 saturated carbocycles. The Kier molecular flexibility index (Phi) is 7.81. The Hall–Kier alpha value is -3.56. The van der Waals surface area contributed by atoms with Crippen molar-refractivity contribution in [3.8, 4) is 11.5 Å². The van der Waals surface area contributed by atoms with Crippen LogP contribution in [0.3, 0.4) is 0 Å². The Morgan fingerprint density at radius 3 is 2.36 bits per heavy atom. The summed E-state index contributed by atoms with van der Waals surface area (Å²) < 4.78 is 39.7. The number of rotatable bonds is 9. The van der Waals surface area contributed by atoms with Crippen LogP contribution >= 0.6 is 0 Å². The largest absolute Gasteiger partial charge is 0.486 e. The van der Waals surface area contributed by atoms with Crippen molar-refractivity contribution in [2.24, 2.45) is 0 Å². The molecular formula is C27H31N3O5S. The van der Waals surface area contributed by atoms with Crippen LogP contribution in [-0.2, 0) is 16.6 Å². The molecule has 9 heteroatoms. The Bertz CT molecular complexity index is 1330. The van der Waals surface area contributed by atoms with Crippen molar-refractivity contribution in [2.45, 2.75) is 44.3 Å². The summed E-state index contributed by atoms with van der Waals surface area (Å²) in [6.07, 6.45) is 0. The van der Waals surface area contributed by atoms with Crippen molar-refractivity contribution < 1.29 is 22.7 Å². The number of ether oxygens (including phenoxy) is 2. The van der Waals surface area contributed by atoms with E-state index in [0.29, 0.717) is 36.9 Å². The molecule has 0 unspecified atom stereocenters. The third-order valence-electron chi connectivity index (χ3n) is 5.62. The summed E-state index contributed by atoms with van der Waals surface area (Å²) in [5.41, 5.74) is 2.63. The summed E-state index contributed by atoms with van der Waals surface area (Å²) in [4.78, 5) is 13.1. The Labute approximate surface area is 212 Å². The number of hydrogen-bond donors (Lipinski definition) is 3. The number of fused-ring (bicyclic) bond motifs is 1. The van der Waals surface area contributed by atoms with E-state index in [1.165, 1.54) is 12.1 Å². The minimum atomic E-state index is -3.82. The Morgan fingerprint density at radius 2 is 1.64 bits per heavy atom. The molecule has 3 aromatic rings. The first-order chi connectivity index (χ1) is 17.2. The lowest BCUT2D eigenvalue weighted by Crippen LogP contribution is -2.31. The number of hydrogen-bond acceptors (Lipinski definition) is 6. The van der Waals surface area contributed by atoms with E-state index in [0.717, 1.165) is 11.1 Å². The number of sulfonamides is 1. The minimum absolute atomic E-state index is 0.0147. The van der Waals surface area contributed by atoms with Crippen LogP contribution in [0.5, 0.6) is 11.5 Å². The molecular weight excluding hydrogens is 478 g/mol. The third kappa shape index (κ3) is 6.35. The fourth-order valence-corrected chi connectivity index (χ4v) is 5.19.